The van der Waals surface area contributed by atoms with Crippen molar-refractivity contribution in [1.82, 2.24) is 4.90 Å². The van der Waals surface area contributed by atoms with E-state index in [2.05, 4.69) is 59.8 Å². The Morgan fingerprint density at radius 3 is 2.55 bits per heavy atom. The molecule has 1 aromatic carbocycles. The zero-order chi connectivity index (χ0) is 14.7. The molecule has 1 aliphatic rings. The highest BCUT2D eigenvalue weighted by Crippen LogP contribution is 2.35. The van der Waals surface area contributed by atoms with Crippen molar-refractivity contribution in [2.45, 2.75) is 52.1 Å². The maximum absolute atomic E-state index is 6.11. The van der Waals surface area contributed by atoms with Crippen LogP contribution < -0.4 is 5.73 Å². The van der Waals surface area contributed by atoms with Gasteiger partial charge in [-0.2, -0.15) is 0 Å². The second kappa shape index (κ2) is 7.06. The average molecular weight is 339 g/mol. The molecule has 0 bridgehead atoms. The van der Waals surface area contributed by atoms with Crippen molar-refractivity contribution < 1.29 is 0 Å². The van der Waals surface area contributed by atoms with Gasteiger partial charge < -0.3 is 5.73 Å². The summed E-state index contributed by atoms with van der Waals surface area (Å²) in [6.07, 6.45) is 3.93. The van der Waals surface area contributed by atoms with E-state index in [9.17, 15) is 0 Å². The van der Waals surface area contributed by atoms with Gasteiger partial charge in [-0.3, -0.25) is 4.90 Å². The van der Waals surface area contributed by atoms with Crippen LogP contribution in [0.25, 0.3) is 0 Å². The van der Waals surface area contributed by atoms with E-state index in [4.69, 9.17) is 5.73 Å². The van der Waals surface area contributed by atoms with Gasteiger partial charge in [0.2, 0.25) is 0 Å². The minimum absolute atomic E-state index is 0.369. The maximum atomic E-state index is 6.11. The Morgan fingerprint density at radius 1 is 1.35 bits per heavy atom. The first-order valence-electron chi connectivity index (χ1n) is 7.74. The topological polar surface area (TPSA) is 29.3 Å². The van der Waals surface area contributed by atoms with Gasteiger partial charge in [0.15, 0.2) is 0 Å². The summed E-state index contributed by atoms with van der Waals surface area (Å²) in [5.74, 6) is 0.751. The van der Waals surface area contributed by atoms with Gasteiger partial charge in [-0.15, -0.1) is 0 Å². The molecule has 0 spiro atoms. The van der Waals surface area contributed by atoms with Gasteiger partial charge in [-0.05, 0) is 55.8 Å². The second-order valence-corrected chi connectivity index (χ2v) is 7.27. The molecule has 1 atom stereocenters. The highest BCUT2D eigenvalue weighted by atomic mass is 79.9. The molecule has 2 N–H and O–H groups in total. The molecule has 0 radical (unpaired) electrons. The molecule has 112 valence electrons. The van der Waals surface area contributed by atoms with Gasteiger partial charge in [-0.25, -0.2) is 0 Å². The van der Waals surface area contributed by atoms with Crippen molar-refractivity contribution in [3.63, 3.8) is 0 Å². The zero-order valence-electron chi connectivity index (χ0n) is 12.9. The van der Waals surface area contributed by atoms with Crippen molar-refractivity contribution >= 4 is 15.9 Å². The van der Waals surface area contributed by atoms with Crippen LogP contribution >= 0.6 is 15.9 Å². The summed E-state index contributed by atoms with van der Waals surface area (Å²) in [7, 11) is 0. The molecule has 1 aromatic rings. The summed E-state index contributed by atoms with van der Waals surface area (Å²) in [5, 5.41) is 0. The van der Waals surface area contributed by atoms with Gasteiger partial charge in [-0.1, -0.05) is 41.9 Å². The van der Waals surface area contributed by atoms with E-state index in [-0.39, 0.29) is 0 Å². The van der Waals surface area contributed by atoms with E-state index in [0.29, 0.717) is 12.6 Å². The minimum Gasteiger partial charge on any atom is -0.329 e. The summed E-state index contributed by atoms with van der Waals surface area (Å²) in [6.45, 7) is 8.62. The number of hydrogen-bond acceptors (Lipinski definition) is 2. The molecule has 1 aliphatic carbocycles. The molecule has 0 amide bonds. The van der Waals surface area contributed by atoms with Crippen LogP contribution in [-0.2, 0) is 0 Å². The van der Waals surface area contributed by atoms with Crippen molar-refractivity contribution in [1.29, 1.82) is 0 Å². The molecule has 1 saturated carbocycles. The SMILES string of the molecule is Cc1cc(C(CN)N(CCC(C)C)C2CC2)ccc1Br. The van der Waals surface area contributed by atoms with Crippen LogP contribution in [0.15, 0.2) is 22.7 Å². The fourth-order valence-corrected chi connectivity index (χ4v) is 2.99. The van der Waals surface area contributed by atoms with Crippen LogP contribution in [-0.4, -0.2) is 24.0 Å². The summed E-state index contributed by atoms with van der Waals surface area (Å²) in [5.41, 5.74) is 8.77. The third-order valence-electron chi connectivity index (χ3n) is 4.17. The lowest BCUT2D eigenvalue weighted by molar-refractivity contribution is 0.181. The molecule has 0 saturated heterocycles. The Kier molecular flexibility index (Phi) is 5.65. The smallest absolute Gasteiger partial charge is 0.0473 e. The number of nitrogens with zero attached hydrogens (tertiary/aromatic N) is 1. The van der Waals surface area contributed by atoms with Gasteiger partial charge >= 0.3 is 0 Å². The molecule has 2 nitrogen and oxygen atoms in total. The first kappa shape index (κ1) is 16.0. The molecule has 2 rings (SSSR count). The second-order valence-electron chi connectivity index (χ2n) is 6.41. The van der Waals surface area contributed by atoms with Crippen molar-refractivity contribution in [2.75, 3.05) is 13.1 Å². The maximum Gasteiger partial charge on any atom is 0.0473 e. The van der Waals surface area contributed by atoms with Gasteiger partial charge in [0.1, 0.15) is 0 Å². The molecular formula is C17H27BrN2. The number of benzene rings is 1. The molecule has 1 fully saturated rings. The van der Waals surface area contributed by atoms with Gasteiger partial charge in [0.05, 0.1) is 0 Å². The van der Waals surface area contributed by atoms with Gasteiger partial charge in [0, 0.05) is 23.1 Å². The lowest BCUT2D eigenvalue weighted by atomic mass is 10.0. The minimum atomic E-state index is 0.369. The van der Waals surface area contributed by atoms with E-state index < -0.39 is 0 Å². The molecule has 20 heavy (non-hydrogen) atoms. The van der Waals surface area contributed by atoms with E-state index in [1.54, 1.807) is 0 Å². The Balaban J connectivity index is 2.16. The predicted octanol–water partition coefficient (Wildman–Crippen LogP) is 4.27. The van der Waals surface area contributed by atoms with Crippen LogP contribution in [0.5, 0.6) is 0 Å². The van der Waals surface area contributed by atoms with Crippen LogP contribution in [0, 0.1) is 12.8 Å². The zero-order valence-corrected chi connectivity index (χ0v) is 14.5. The predicted molar refractivity (Wildman–Crippen MR) is 89.9 cm³/mol. The van der Waals surface area contributed by atoms with Crippen molar-refractivity contribution in [3.05, 3.63) is 33.8 Å². The summed E-state index contributed by atoms with van der Waals surface area (Å²) >= 11 is 3.58. The molecule has 0 heterocycles. The van der Waals surface area contributed by atoms with Crippen LogP contribution in [0.4, 0.5) is 0 Å². The summed E-state index contributed by atoms with van der Waals surface area (Å²) in [6, 6.07) is 7.78. The fourth-order valence-electron chi connectivity index (χ4n) is 2.74. The van der Waals surface area contributed by atoms with Crippen molar-refractivity contribution in [2.24, 2.45) is 11.7 Å². The fraction of sp³-hybridized carbons (Fsp3) is 0.647. The average Bonchev–Trinajstić information content (AvgIpc) is 3.22. The number of rotatable bonds is 7. The lowest BCUT2D eigenvalue weighted by Gasteiger charge is -2.32. The molecule has 1 unspecified atom stereocenters. The van der Waals surface area contributed by atoms with E-state index in [0.717, 1.165) is 12.0 Å². The Bertz CT molecular complexity index is 441. The Morgan fingerprint density at radius 2 is 2.05 bits per heavy atom. The molecule has 0 aliphatic heterocycles. The number of nitrogens with two attached hydrogens (primary N) is 1. The largest absolute Gasteiger partial charge is 0.329 e. The van der Waals surface area contributed by atoms with E-state index in [1.807, 2.05) is 0 Å². The highest BCUT2D eigenvalue weighted by molar-refractivity contribution is 9.10. The van der Waals surface area contributed by atoms with Gasteiger partial charge in [0.25, 0.3) is 0 Å². The number of aryl methyl sites for hydroxylation is 1. The normalized spacial score (nSPS) is 16.9. The quantitative estimate of drug-likeness (QED) is 0.804. The number of hydrogen-bond donors (Lipinski definition) is 1. The first-order chi connectivity index (χ1) is 9.52. The Hall–Kier alpha value is -0.380. The third-order valence-corrected chi connectivity index (χ3v) is 5.06. The lowest BCUT2D eigenvalue weighted by Crippen LogP contribution is -2.36. The van der Waals surface area contributed by atoms with E-state index >= 15 is 0 Å². The number of halogens is 1. The van der Waals surface area contributed by atoms with E-state index in [1.165, 1.54) is 41.4 Å². The summed E-state index contributed by atoms with van der Waals surface area (Å²) < 4.78 is 1.18. The first-order valence-corrected chi connectivity index (χ1v) is 8.54. The van der Waals surface area contributed by atoms with Crippen LogP contribution in [0.3, 0.4) is 0 Å². The monoisotopic (exact) mass is 338 g/mol. The Labute approximate surface area is 131 Å². The molecule has 3 heteroatoms. The molecule has 0 aromatic heterocycles. The van der Waals surface area contributed by atoms with Crippen LogP contribution in [0.2, 0.25) is 0 Å². The highest BCUT2D eigenvalue weighted by Gasteiger charge is 2.33. The van der Waals surface area contributed by atoms with Crippen molar-refractivity contribution in [3.8, 4) is 0 Å². The molecular weight excluding hydrogens is 312 g/mol. The standard InChI is InChI=1S/C17H27BrN2/c1-12(2)8-9-20(15-5-6-15)17(11-19)14-4-7-16(18)13(3)10-14/h4,7,10,12,15,17H,5-6,8-9,11,19H2,1-3H3. The van der Waals surface area contributed by atoms with Crippen LogP contribution in [0.1, 0.15) is 50.3 Å². The third kappa shape index (κ3) is 4.06. The summed E-state index contributed by atoms with van der Waals surface area (Å²) in [4.78, 5) is 2.64.